The predicted molar refractivity (Wildman–Crippen MR) is 21.9 cm³/mol. The second-order valence-corrected chi connectivity index (χ2v) is 3.53. The molecule has 0 nitrogen and oxygen atoms in total. The van der Waals surface area contributed by atoms with Crippen LogP contribution in [0, 0.1) is 0 Å². The standard InChI is InChI=1S/C2H5F4P/c1-2-7(3,4,5)6/h2H2,1H3. The molecule has 0 atom stereocenters. The van der Waals surface area contributed by atoms with Crippen molar-refractivity contribution in [2.75, 3.05) is 6.16 Å². The van der Waals surface area contributed by atoms with Crippen molar-refractivity contribution in [2.45, 2.75) is 6.92 Å². The minimum atomic E-state index is -7.08. The Balaban J connectivity index is 3.83. The van der Waals surface area contributed by atoms with Crippen molar-refractivity contribution in [1.29, 1.82) is 0 Å². The molecule has 46 valence electrons. The van der Waals surface area contributed by atoms with Crippen molar-refractivity contribution in [1.82, 2.24) is 0 Å². The summed E-state index contributed by atoms with van der Waals surface area (Å²) in [6, 6.07) is 0. The third kappa shape index (κ3) is 6.15. The molecule has 0 saturated carbocycles. The van der Waals surface area contributed by atoms with E-state index in [2.05, 4.69) is 0 Å². The molecule has 0 rings (SSSR count). The van der Waals surface area contributed by atoms with E-state index in [1.807, 2.05) is 0 Å². The van der Waals surface area contributed by atoms with Gasteiger partial charge in [-0.15, -0.1) is 0 Å². The fourth-order valence-corrected chi connectivity index (χ4v) is 0. The zero-order valence-corrected chi connectivity index (χ0v) is 4.56. The van der Waals surface area contributed by atoms with E-state index in [1.54, 1.807) is 0 Å². The maximum absolute atomic E-state index is 10.9. The van der Waals surface area contributed by atoms with Crippen LogP contribution < -0.4 is 0 Å². The third-order valence-corrected chi connectivity index (χ3v) is 1.43. The molecule has 0 amide bonds. The molecular formula is C2H5F4P. The molecule has 0 saturated heterocycles. The van der Waals surface area contributed by atoms with Crippen LogP contribution in [0.1, 0.15) is 6.92 Å². The molecule has 0 unspecified atom stereocenters. The van der Waals surface area contributed by atoms with Gasteiger partial charge >= 0.3 is 37.7 Å². The van der Waals surface area contributed by atoms with Crippen molar-refractivity contribution < 1.29 is 16.8 Å². The van der Waals surface area contributed by atoms with Gasteiger partial charge in [0.25, 0.3) is 0 Å². The average Bonchev–Trinajstić information content (AvgIpc) is 1.32. The van der Waals surface area contributed by atoms with Crippen LogP contribution >= 0.6 is 7.85 Å². The monoisotopic (exact) mass is 136 g/mol. The summed E-state index contributed by atoms with van der Waals surface area (Å²) in [5, 5.41) is 0. The summed E-state index contributed by atoms with van der Waals surface area (Å²) in [7, 11) is -7.08. The van der Waals surface area contributed by atoms with Gasteiger partial charge in [-0.3, -0.25) is 0 Å². The number of hydrogen-bond donors (Lipinski definition) is 0. The zero-order valence-electron chi connectivity index (χ0n) is 3.67. The van der Waals surface area contributed by atoms with E-state index in [-0.39, 0.29) is 0 Å². The summed E-state index contributed by atoms with van der Waals surface area (Å²) in [6.07, 6.45) is -1.30. The van der Waals surface area contributed by atoms with E-state index in [0.29, 0.717) is 0 Å². The molecular weight excluding hydrogens is 131 g/mol. The summed E-state index contributed by atoms with van der Waals surface area (Å²) in [5.74, 6) is 0. The Bertz CT molecular complexity index is 62.2. The van der Waals surface area contributed by atoms with Crippen molar-refractivity contribution in [2.24, 2.45) is 0 Å². The van der Waals surface area contributed by atoms with Gasteiger partial charge < -0.3 is 0 Å². The number of hydrogen-bond acceptors (Lipinski definition) is 0. The summed E-state index contributed by atoms with van der Waals surface area (Å²) in [4.78, 5) is 0. The summed E-state index contributed by atoms with van der Waals surface area (Å²) >= 11 is 0. The minimum absolute atomic E-state index is 0.776. The molecule has 0 bridgehead atoms. The first-order valence-corrected chi connectivity index (χ1v) is 3.68. The number of halogens is 4. The first kappa shape index (κ1) is 7.15. The predicted octanol–water partition coefficient (Wildman–Crippen LogP) is 3.10. The Morgan fingerprint density at radius 3 is 1.29 bits per heavy atom. The quantitative estimate of drug-likeness (QED) is 0.383. The fraction of sp³-hybridized carbons (Fsp3) is 1.00. The molecule has 0 aromatic heterocycles. The van der Waals surface area contributed by atoms with Crippen LogP contribution in [-0.2, 0) is 0 Å². The topological polar surface area (TPSA) is 0 Å². The van der Waals surface area contributed by atoms with Gasteiger partial charge in [-0.1, -0.05) is 0 Å². The van der Waals surface area contributed by atoms with Crippen molar-refractivity contribution in [3.63, 3.8) is 0 Å². The normalized spacial score (nSPS) is 18.1. The molecule has 0 aromatic carbocycles. The van der Waals surface area contributed by atoms with Gasteiger partial charge in [0.2, 0.25) is 0 Å². The van der Waals surface area contributed by atoms with Crippen LogP contribution in [0.5, 0.6) is 0 Å². The molecule has 0 aromatic rings. The van der Waals surface area contributed by atoms with Crippen LogP contribution in [0.3, 0.4) is 0 Å². The Hall–Kier alpha value is 0.150. The van der Waals surface area contributed by atoms with Gasteiger partial charge in [-0.2, -0.15) is 0 Å². The summed E-state index contributed by atoms with van der Waals surface area (Å²) in [5.41, 5.74) is 0. The van der Waals surface area contributed by atoms with Crippen LogP contribution in [0.25, 0.3) is 0 Å². The van der Waals surface area contributed by atoms with Gasteiger partial charge in [-0.05, 0) is 0 Å². The summed E-state index contributed by atoms with van der Waals surface area (Å²) < 4.78 is 43.7. The molecule has 0 aliphatic heterocycles. The molecule has 5 heteroatoms. The SMILES string of the molecule is CCP(F)(F)(F)F. The van der Waals surface area contributed by atoms with Crippen LogP contribution in [0.2, 0.25) is 0 Å². The summed E-state index contributed by atoms with van der Waals surface area (Å²) in [6.45, 7) is 0.776. The maximum atomic E-state index is 10.9. The zero-order chi connectivity index (χ0) is 6.15. The Morgan fingerprint density at radius 1 is 1.14 bits per heavy atom. The van der Waals surface area contributed by atoms with E-state index in [4.69, 9.17) is 0 Å². The second-order valence-electron chi connectivity index (χ2n) is 1.18. The molecule has 0 aliphatic rings. The molecule has 7 heavy (non-hydrogen) atoms. The van der Waals surface area contributed by atoms with E-state index in [9.17, 15) is 16.8 Å². The molecule has 0 fully saturated rings. The Labute approximate surface area is 38.9 Å². The molecule has 0 heterocycles. The van der Waals surface area contributed by atoms with Gasteiger partial charge in [0.15, 0.2) is 0 Å². The van der Waals surface area contributed by atoms with E-state index >= 15 is 0 Å². The molecule has 0 spiro atoms. The second kappa shape index (κ2) is 1.31. The Kier molecular flexibility index (Phi) is 1.34. The first-order valence-electron chi connectivity index (χ1n) is 1.70. The van der Waals surface area contributed by atoms with E-state index in [0.717, 1.165) is 6.92 Å². The van der Waals surface area contributed by atoms with Gasteiger partial charge in [0, 0.05) is 0 Å². The average molecular weight is 136 g/mol. The fourth-order valence-electron chi connectivity index (χ4n) is 0. The van der Waals surface area contributed by atoms with Gasteiger partial charge in [0.1, 0.15) is 0 Å². The number of rotatable bonds is 1. The van der Waals surface area contributed by atoms with Gasteiger partial charge in [0.05, 0.1) is 0 Å². The van der Waals surface area contributed by atoms with Crippen molar-refractivity contribution in [3.05, 3.63) is 0 Å². The van der Waals surface area contributed by atoms with Gasteiger partial charge in [-0.25, -0.2) is 0 Å². The van der Waals surface area contributed by atoms with Crippen molar-refractivity contribution in [3.8, 4) is 0 Å². The van der Waals surface area contributed by atoms with Crippen LogP contribution in [-0.4, -0.2) is 6.16 Å². The third-order valence-electron chi connectivity index (χ3n) is 0.478. The van der Waals surface area contributed by atoms with Crippen LogP contribution in [0.4, 0.5) is 16.8 Å². The van der Waals surface area contributed by atoms with E-state index < -0.39 is 14.0 Å². The van der Waals surface area contributed by atoms with Crippen molar-refractivity contribution >= 4 is 7.85 Å². The Morgan fingerprint density at radius 2 is 1.29 bits per heavy atom. The first-order chi connectivity index (χ1) is 2.81. The molecule has 0 N–H and O–H groups in total. The molecule has 0 aliphatic carbocycles. The van der Waals surface area contributed by atoms with E-state index in [1.165, 1.54) is 0 Å². The molecule has 0 radical (unpaired) electrons. The van der Waals surface area contributed by atoms with Crippen LogP contribution in [0.15, 0.2) is 0 Å².